The predicted octanol–water partition coefficient (Wildman–Crippen LogP) is 3.92. The first-order valence-electron chi connectivity index (χ1n) is 9.07. The molecular weight excluding hydrogens is 397 g/mol. The number of hydrogen-bond acceptors (Lipinski definition) is 3. The van der Waals surface area contributed by atoms with E-state index >= 15 is 0 Å². The zero-order chi connectivity index (χ0) is 19.6. The zero-order valence-electron chi connectivity index (χ0n) is 15.9. The first kappa shape index (κ1) is 22.2. The van der Waals surface area contributed by atoms with Crippen molar-refractivity contribution in [3.05, 3.63) is 64.7 Å². The summed E-state index contributed by atoms with van der Waals surface area (Å²) in [5.74, 6) is -0.335. The van der Waals surface area contributed by atoms with E-state index < -0.39 is 0 Å². The first-order chi connectivity index (χ1) is 12.9. The number of benzene rings is 2. The van der Waals surface area contributed by atoms with Gasteiger partial charge in [-0.15, -0.1) is 12.4 Å². The van der Waals surface area contributed by atoms with E-state index in [1.54, 1.807) is 23.1 Å². The number of carbonyl (C=O) groups is 2. The Morgan fingerprint density at radius 2 is 1.82 bits per heavy atom. The van der Waals surface area contributed by atoms with Gasteiger partial charge in [0.2, 0.25) is 5.91 Å². The van der Waals surface area contributed by atoms with Crippen molar-refractivity contribution in [1.82, 2.24) is 4.90 Å². The van der Waals surface area contributed by atoms with Crippen LogP contribution in [0.15, 0.2) is 48.5 Å². The molecule has 2 amide bonds. The monoisotopic (exact) mass is 421 g/mol. The van der Waals surface area contributed by atoms with Crippen LogP contribution < -0.4 is 11.1 Å². The molecule has 150 valence electrons. The smallest absolute Gasteiger partial charge is 0.255 e. The van der Waals surface area contributed by atoms with Crippen molar-refractivity contribution in [3.8, 4) is 0 Å². The highest BCUT2D eigenvalue weighted by molar-refractivity contribution is 6.34. The van der Waals surface area contributed by atoms with Gasteiger partial charge in [-0.2, -0.15) is 0 Å². The third kappa shape index (κ3) is 4.85. The number of amides is 2. The Morgan fingerprint density at radius 3 is 2.46 bits per heavy atom. The van der Waals surface area contributed by atoms with Crippen LogP contribution in [-0.2, 0) is 4.79 Å². The Morgan fingerprint density at radius 1 is 1.14 bits per heavy atom. The second-order valence-electron chi connectivity index (χ2n) is 7.23. The Labute approximate surface area is 176 Å². The molecule has 0 spiro atoms. The molecule has 2 atom stereocenters. The van der Waals surface area contributed by atoms with Crippen LogP contribution in [0, 0.1) is 5.92 Å². The molecule has 0 saturated carbocycles. The van der Waals surface area contributed by atoms with Gasteiger partial charge in [0.15, 0.2) is 0 Å². The number of nitrogens with zero attached hydrogens (tertiary/aromatic N) is 1. The number of likely N-dealkylation sites (tertiary alicyclic amines) is 1. The van der Waals surface area contributed by atoms with Gasteiger partial charge >= 0.3 is 0 Å². The van der Waals surface area contributed by atoms with Gasteiger partial charge in [-0.25, -0.2) is 0 Å². The SMILES string of the molecule is CC(C)C(=O)Nc1ccc(Cl)c(C(=O)N2C[C@@H](N)[C@H](c3ccccc3)C2)c1.Cl. The fraction of sp³-hybridized carbons (Fsp3) is 0.333. The van der Waals surface area contributed by atoms with E-state index in [0.717, 1.165) is 5.56 Å². The molecule has 0 bridgehead atoms. The summed E-state index contributed by atoms with van der Waals surface area (Å²) in [5.41, 5.74) is 8.36. The van der Waals surface area contributed by atoms with E-state index in [0.29, 0.717) is 29.4 Å². The predicted molar refractivity (Wildman–Crippen MR) is 115 cm³/mol. The van der Waals surface area contributed by atoms with Gasteiger partial charge in [0.05, 0.1) is 10.6 Å². The van der Waals surface area contributed by atoms with Crippen LogP contribution in [0.25, 0.3) is 0 Å². The number of anilines is 1. The molecule has 0 unspecified atom stereocenters. The average Bonchev–Trinajstić information content (AvgIpc) is 3.05. The zero-order valence-corrected chi connectivity index (χ0v) is 17.5. The molecule has 3 rings (SSSR count). The minimum atomic E-state index is -0.172. The van der Waals surface area contributed by atoms with E-state index in [4.69, 9.17) is 17.3 Å². The second-order valence-corrected chi connectivity index (χ2v) is 7.64. The fourth-order valence-electron chi connectivity index (χ4n) is 3.27. The molecule has 1 aliphatic rings. The third-order valence-corrected chi connectivity index (χ3v) is 5.20. The summed E-state index contributed by atoms with van der Waals surface area (Å²) in [6.07, 6.45) is 0. The first-order valence-corrected chi connectivity index (χ1v) is 9.45. The lowest BCUT2D eigenvalue weighted by Gasteiger charge is -2.18. The van der Waals surface area contributed by atoms with E-state index in [1.165, 1.54) is 0 Å². The normalized spacial score (nSPS) is 18.7. The average molecular weight is 422 g/mol. The van der Waals surface area contributed by atoms with Gasteiger partial charge in [-0.05, 0) is 23.8 Å². The summed E-state index contributed by atoms with van der Waals surface area (Å²) in [5, 5.41) is 3.17. The Kier molecular flexibility index (Phi) is 7.47. The van der Waals surface area contributed by atoms with Crippen LogP contribution in [-0.4, -0.2) is 35.8 Å². The molecular formula is C21H25Cl2N3O2. The van der Waals surface area contributed by atoms with Crippen molar-refractivity contribution >= 4 is 41.5 Å². The maximum absolute atomic E-state index is 13.0. The van der Waals surface area contributed by atoms with Crippen molar-refractivity contribution in [2.75, 3.05) is 18.4 Å². The molecule has 1 fully saturated rings. The van der Waals surface area contributed by atoms with Crippen LogP contribution in [0.3, 0.4) is 0 Å². The molecule has 28 heavy (non-hydrogen) atoms. The van der Waals surface area contributed by atoms with Gasteiger partial charge in [0.25, 0.3) is 5.91 Å². The lowest BCUT2D eigenvalue weighted by atomic mass is 9.95. The molecule has 1 aliphatic heterocycles. The van der Waals surface area contributed by atoms with Crippen molar-refractivity contribution in [2.45, 2.75) is 25.8 Å². The maximum Gasteiger partial charge on any atom is 0.255 e. The fourth-order valence-corrected chi connectivity index (χ4v) is 3.47. The number of halogens is 2. The van der Waals surface area contributed by atoms with Crippen molar-refractivity contribution in [3.63, 3.8) is 0 Å². The molecule has 0 aliphatic carbocycles. The number of nitrogens with two attached hydrogens (primary N) is 1. The van der Waals surface area contributed by atoms with Crippen LogP contribution in [0.2, 0.25) is 5.02 Å². The largest absolute Gasteiger partial charge is 0.336 e. The quantitative estimate of drug-likeness (QED) is 0.784. The number of rotatable bonds is 4. The minimum Gasteiger partial charge on any atom is -0.336 e. The molecule has 2 aromatic carbocycles. The molecule has 2 aromatic rings. The van der Waals surface area contributed by atoms with Gasteiger partial charge in [0, 0.05) is 36.7 Å². The Bertz CT molecular complexity index is 843. The van der Waals surface area contributed by atoms with Crippen LogP contribution >= 0.6 is 24.0 Å². The van der Waals surface area contributed by atoms with Gasteiger partial charge in [0.1, 0.15) is 0 Å². The van der Waals surface area contributed by atoms with Crippen LogP contribution in [0.5, 0.6) is 0 Å². The molecule has 0 radical (unpaired) electrons. The second kappa shape index (κ2) is 9.41. The number of hydrogen-bond donors (Lipinski definition) is 2. The molecule has 3 N–H and O–H groups in total. The van der Waals surface area contributed by atoms with E-state index in [9.17, 15) is 9.59 Å². The van der Waals surface area contributed by atoms with Crippen molar-refractivity contribution < 1.29 is 9.59 Å². The van der Waals surface area contributed by atoms with Crippen LogP contribution in [0.4, 0.5) is 5.69 Å². The summed E-state index contributed by atoms with van der Waals surface area (Å²) in [6, 6.07) is 14.8. The number of nitrogens with one attached hydrogen (secondary N) is 1. The summed E-state index contributed by atoms with van der Waals surface area (Å²) in [6.45, 7) is 4.64. The molecule has 1 saturated heterocycles. The van der Waals surface area contributed by atoms with Crippen LogP contribution in [0.1, 0.15) is 35.7 Å². The molecule has 5 nitrogen and oxygen atoms in total. The highest BCUT2D eigenvalue weighted by Crippen LogP contribution is 2.29. The Balaban J connectivity index is 0.00000280. The summed E-state index contributed by atoms with van der Waals surface area (Å²) in [7, 11) is 0. The summed E-state index contributed by atoms with van der Waals surface area (Å²) in [4.78, 5) is 26.7. The molecule has 7 heteroatoms. The highest BCUT2D eigenvalue weighted by Gasteiger charge is 2.34. The van der Waals surface area contributed by atoms with E-state index in [-0.39, 0.29) is 42.1 Å². The number of carbonyl (C=O) groups excluding carboxylic acids is 2. The van der Waals surface area contributed by atoms with Crippen molar-refractivity contribution in [2.24, 2.45) is 11.7 Å². The minimum absolute atomic E-state index is 0. The van der Waals surface area contributed by atoms with Gasteiger partial charge in [-0.1, -0.05) is 55.8 Å². The highest BCUT2D eigenvalue weighted by atomic mass is 35.5. The maximum atomic E-state index is 13.0. The van der Waals surface area contributed by atoms with Gasteiger partial charge in [-0.3, -0.25) is 9.59 Å². The van der Waals surface area contributed by atoms with Crippen molar-refractivity contribution in [1.29, 1.82) is 0 Å². The van der Waals surface area contributed by atoms with Gasteiger partial charge < -0.3 is 16.0 Å². The standard InChI is InChI=1S/C21H24ClN3O2.ClH/c1-13(2)20(26)24-15-8-9-18(22)16(10-15)21(27)25-11-17(19(23)12-25)14-6-4-3-5-7-14;/h3-10,13,17,19H,11-12,23H2,1-2H3,(H,24,26);1H/t17-,19+;/m0./s1. The molecule has 1 heterocycles. The van der Waals surface area contributed by atoms with E-state index in [1.807, 2.05) is 44.2 Å². The lowest BCUT2D eigenvalue weighted by Crippen LogP contribution is -2.32. The summed E-state index contributed by atoms with van der Waals surface area (Å²) >= 11 is 6.27. The summed E-state index contributed by atoms with van der Waals surface area (Å²) < 4.78 is 0. The topological polar surface area (TPSA) is 75.4 Å². The Hall–Kier alpha value is -2.08. The van der Waals surface area contributed by atoms with E-state index in [2.05, 4.69) is 5.32 Å². The third-order valence-electron chi connectivity index (χ3n) is 4.87. The molecule has 0 aromatic heterocycles. The lowest BCUT2D eigenvalue weighted by molar-refractivity contribution is -0.118.